The number of nitrogens with zero attached hydrogens (tertiary/aromatic N) is 2. The molecule has 14 atom stereocenters. The number of ether oxygens (including phenoxy) is 8. The molecule has 69 heavy (non-hydrogen) atoms. The second kappa shape index (κ2) is 15.1. The molecule has 4 saturated heterocycles. The van der Waals surface area contributed by atoms with Gasteiger partial charge in [-0.25, -0.2) is 9.80 Å². The van der Waals surface area contributed by atoms with Gasteiger partial charge < -0.3 is 37.9 Å². The Bertz CT molecular complexity index is 2680. The summed E-state index contributed by atoms with van der Waals surface area (Å²) >= 11 is 0. The lowest BCUT2D eigenvalue weighted by atomic mass is 9.53. The first-order valence-corrected chi connectivity index (χ1v) is 25.2. The van der Waals surface area contributed by atoms with Gasteiger partial charge in [0.1, 0.15) is 0 Å². The third-order valence-corrected chi connectivity index (χ3v) is 18.3. The smallest absolute Gasteiger partial charge is 0.237 e. The van der Waals surface area contributed by atoms with Crippen LogP contribution in [0, 0.1) is 35.5 Å². The van der Waals surface area contributed by atoms with E-state index in [2.05, 4.69) is 48.5 Å². The van der Waals surface area contributed by atoms with Crippen LogP contribution >= 0.6 is 0 Å². The van der Waals surface area contributed by atoms with Crippen LogP contribution in [0.15, 0.2) is 84.9 Å². The number of carbonyl (C=O) groups excluding carboxylic acids is 4. The van der Waals surface area contributed by atoms with Crippen molar-refractivity contribution in [3.8, 4) is 34.1 Å². The van der Waals surface area contributed by atoms with E-state index in [1.54, 1.807) is 36.4 Å². The van der Waals surface area contributed by atoms with E-state index in [0.717, 1.165) is 38.5 Å². The maximum atomic E-state index is 14.1. The van der Waals surface area contributed by atoms with Gasteiger partial charge in [0, 0.05) is 17.5 Å². The molecule has 8 fully saturated rings. The molecule has 11 aliphatic rings. The Morgan fingerprint density at radius 3 is 1.17 bits per heavy atom. The third-order valence-electron chi connectivity index (χ3n) is 18.3. The van der Waals surface area contributed by atoms with Crippen molar-refractivity contribution in [2.24, 2.45) is 35.5 Å². The van der Waals surface area contributed by atoms with E-state index in [1.807, 2.05) is 0 Å². The maximum Gasteiger partial charge on any atom is 0.237 e. The van der Waals surface area contributed by atoms with Gasteiger partial charge in [0.2, 0.25) is 37.2 Å². The second-order valence-corrected chi connectivity index (χ2v) is 21.3. The first-order valence-electron chi connectivity index (χ1n) is 25.2. The molecule has 4 saturated carbocycles. The SMILES string of the molecule is O=C1C2CC3OC4CCC(C5(C6CCC7OC8CC9C(=O)N(c%10ccc%11c(c%10)OCO%11)C(=O)C9CC8OC7C6)c6ccccc6-c6ccccc65)CC4OC3CC2C(=O)N1c1ccc2c(c1)OCO2. The molecule has 14 heteroatoms. The van der Waals surface area contributed by atoms with Crippen molar-refractivity contribution in [1.82, 2.24) is 0 Å². The molecule has 14 unspecified atom stereocenters. The number of rotatable bonds is 4. The molecule has 0 radical (unpaired) electrons. The number of benzene rings is 4. The van der Waals surface area contributed by atoms with E-state index >= 15 is 0 Å². The monoisotopic (exact) mass is 932 g/mol. The van der Waals surface area contributed by atoms with E-state index in [9.17, 15) is 19.2 Å². The fourth-order valence-corrected chi connectivity index (χ4v) is 15.4. The van der Waals surface area contributed by atoms with Gasteiger partial charge in [0.05, 0.1) is 83.9 Å². The Kier molecular flexibility index (Phi) is 8.98. The van der Waals surface area contributed by atoms with Crippen molar-refractivity contribution in [1.29, 1.82) is 0 Å². The highest BCUT2D eigenvalue weighted by Gasteiger charge is 2.62. The summed E-state index contributed by atoms with van der Waals surface area (Å²) in [6, 6.07) is 28.4. The molecule has 4 amide bonds. The van der Waals surface area contributed by atoms with Gasteiger partial charge in [-0.3, -0.25) is 19.2 Å². The van der Waals surface area contributed by atoms with Crippen molar-refractivity contribution >= 4 is 35.0 Å². The standard InChI is InChI=1S/C55H52N2O12/c58-51-33-21-47-49(23-35(33)53(60)56(51)29-11-15-39-43(19-29)64-25-62-39)68-45-17-27(9-13-41(45)66-47)55(37-7-3-1-5-31(37)32-6-2-4-8-38(32)55)28-10-14-42-46(18-28)69-50-24-36-34(22-48(50)67-42)52(59)57(54(36)61)30-12-16-40-44(20-30)65-26-63-40/h1-8,11-12,15-16,19-20,27-28,33-36,41-42,45-50H,9-10,13-14,17-18,21-26H2. The molecule has 6 heterocycles. The summed E-state index contributed by atoms with van der Waals surface area (Å²) in [6.07, 6.45) is 5.27. The van der Waals surface area contributed by atoms with E-state index < -0.39 is 23.7 Å². The first-order chi connectivity index (χ1) is 33.8. The van der Waals surface area contributed by atoms with Gasteiger partial charge in [0.15, 0.2) is 23.0 Å². The average Bonchev–Trinajstić information content (AvgIpc) is 4.20. The predicted molar refractivity (Wildman–Crippen MR) is 245 cm³/mol. The Balaban J connectivity index is 0.697. The fraction of sp³-hybridized carbons (Fsp3) is 0.491. The summed E-state index contributed by atoms with van der Waals surface area (Å²) in [5.41, 5.74) is 5.96. The number of hydrogen-bond acceptors (Lipinski definition) is 12. The Hall–Kier alpha value is -5.80. The lowest BCUT2D eigenvalue weighted by molar-refractivity contribution is -0.258. The zero-order valence-corrected chi connectivity index (χ0v) is 37.9. The molecule has 0 spiro atoms. The molecular formula is C55H52N2O12. The van der Waals surface area contributed by atoms with Crippen molar-refractivity contribution < 1.29 is 57.1 Å². The molecular weight excluding hydrogens is 881 g/mol. The Morgan fingerprint density at radius 2 is 0.754 bits per heavy atom. The summed E-state index contributed by atoms with van der Waals surface area (Å²) < 4.78 is 50.5. The van der Waals surface area contributed by atoms with Crippen molar-refractivity contribution in [3.05, 3.63) is 96.1 Å². The van der Waals surface area contributed by atoms with Crippen LogP contribution in [0.5, 0.6) is 23.0 Å². The topological polar surface area (TPSA) is 149 Å². The Labute approximate surface area is 398 Å². The molecule has 6 aliphatic heterocycles. The third kappa shape index (κ3) is 5.86. The summed E-state index contributed by atoms with van der Waals surface area (Å²) in [4.78, 5) is 58.9. The molecule has 4 aromatic carbocycles. The zero-order chi connectivity index (χ0) is 45.9. The molecule has 14 nitrogen and oxygen atoms in total. The fourth-order valence-electron chi connectivity index (χ4n) is 15.4. The van der Waals surface area contributed by atoms with Crippen LogP contribution in [-0.2, 0) is 43.5 Å². The number of carbonyl (C=O) groups is 4. The lowest BCUT2D eigenvalue weighted by Gasteiger charge is -2.56. The number of fused-ring (bicyclic) bond motifs is 11. The van der Waals surface area contributed by atoms with Crippen LogP contribution in [0.2, 0.25) is 0 Å². The summed E-state index contributed by atoms with van der Waals surface area (Å²) in [7, 11) is 0. The summed E-state index contributed by atoms with van der Waals surface area (Å²) in [5.74, 6) is 0.0657. The van der Waals surface area contributed by atoms with Crippen LogP contribution in [0.3, 0.4) is 0 Å². The van der Waals surface area contributed by atoms with Gasteiger partial charge in [-0.2, -0.15) is 0 Å². The van der Waals surface area contributed by atoms with Crippen molar-refractivity contribution in [2.45, 2.75) is 118 Å². The molecule has 0 aromatic heterocycles. The number of hydrogen-bond donors (Lipinski definition) is 0. The highest BCUT2D eigenvalue weighted by Crippen LogP contribution is 2.63. The second-order valence-electron chi connectivity index (χ2n) is 21.3. The zero-order valence-electron chi connectivity index (χ0n) is 37.9. The van der Waals surface area contributed by atoms with Gasteiger partial charge in [0.25, 0.3) is 0 Å². The van der Waals surface area contributed by atoms with E-state index in [-0.39, 0.29) is 103 Å². The molecule has 0 N–H and O–H groups in total. The van der Waals surface area contributed by atoms with Gasteiger partial charge in [-0.1, -0.05) is 48.5 Å². The molecule has 354 valence electrons. The molecule has 4 aromatic rings. The van der Waals surface area contributed by atoms with E-state index in [4.69, 9.17) is 37.9 Å². The Morgan fingerprint density at radius 1 is 0.391 bits per heavy atom. The molecule has 15 rings (SSSR count). The quantitative estimate of drug-likeness (QED) is 0.190. The number of amides is 4. The number of anilines is 2. The van der Waals surface area contributed by atoms with Crippen LogP contribution in [0.1, 0.15) is 75.3 Å². The minimum Gasteiger partial charge on any atom is -0.454 e. The van der Waals surface area contributed by atoms with E-state index in [0.29, 0.717) is 60.1 Å². The highest BCUT2D eigenvalue weighted by atomic mass is 16.7. The van der Waals surface area contributed by atoms with Crippen molar-refractivity contribution in [2.75, 3.05) is 23.4 Å². The number of imide groups is 2. The van der Waals surface area contributed by atoms with Crippen LogP contribution in [-0.4, -0.2) is 86.0 Å². The minimum absolute atomic E-state index is 0.107. The lowest BCUT2D eigenvalue weighted by Crippen LogP contribution is -2.59. The summed E-state index contributed by atoms with van der Waals surface area (Å²) in [5, 5.41) is 0. The van der Waals surface area contributed by atoms with E-state index in [1.165, 1.54) is 32.1 Å². The minimum atomic E-state index is -0.479. The average molecular weight is 933 g/mol. The van der Waals surface area contributed by atoms with Gasteiger partial charge >= 0.3 is 0 Å². The first kappa shape index (κ1) is 41.0. The molecule has 5 aliphatic carbocycles. The van der Waals surface area contributed by atoms with Crippen LogP contribution in [0.25, 0.3) is 11.1 Å². The van der Waals surface area contributed by atoms with Gasteiger partial charge in [-0.15, -0.1) is 0 Å². The van der Waals surface area contributed by atoms with Crippen molar-refractivity contribution in [3.63, 3.8) is 0 Å². The molecule has 0 bridgehead atoms. The highest BCUT2D eigenvalue weighted by molar-refractivity contribution is 6.23. The van der Waals surface area contributed by atoms with Gasteiger partial charge in [-0.05, 0) is 123 Å². The maximum absolute atomic E-state index is 14.1. The van der Waals surface area contributed by atoms with Crippen LogP contribution < -0.4 is 28.7 Å². The normalized spacial score (nSPS) is 37.3. The van der Waals surface area contributed by atoms with Crippen LogP contribution in [0.4, 0.5) is 11.4 Å². The largest absolute Gasteiger partial charge is 0.454 e. The summed E-state index contributed by atoms with van der Waals surface area (Å²) in [6.45, 7) is 0.222. The predicted octanol–water partition coefficient (Wildman–Crippen LogP) is 7.25.